The molecular weight excluding hydrogens is 312 g/mol. The fraction of sp³-hybridized carbons (Fsp3) is 0.850. The summed E-state index contributed by atoms with van der Waals surface area (Å²) in [6, 6.07) is 2.21. The summed E-state index contributed by atoms with van der Waals surface area (Å²) in [4.78, 5) is 5.39. The smallest absolute Gasteiger partial charge is 0.0524 e. The zero-order valence-corrected chi connectivity index (χ0v) is 15.6. The second-order valence-electron chi connectivity index (χ2n) is 8.31. The third-order valence-electron chi connectivity index (χ3n) is 6.30. The summed E-state index contributed by atoms with van der Waals surface area (Å²) in [6.07, 6.45) is 9.96. The van der Waals surface area contributed by atoms with Crippen LogP contribution in [0, 0.1) is 11.8 Å². The molecule has 0 unspecified atom stereocenters. The largest absolute Gasteiger partial charge is 0.381 e. The Labute approximate surface area is 152 Å². The van der Waals surface area contributed by atoms with E-state index in [-0.39, 0.29) is 0 Å². The Morgan fingerprint density at radius 1 is 1.00 bits per heavy atom. The van der Waals surface area contributed by atoms with Gasteiger partial charge in [0.05, 0.1) is 5.69 Å². The Bertz CT molecular complexity index is 520. The summed E-state index contributed by atoms with van der Waals surface area (Å²) in [7, 11) is 0. The SMILES string of the molecule is c1cc2n(n1)C[C@@H](CCN1CCCCC1)CN(CC1CCOCC1)C2. The lowest BCUT2D eigenvalue weighted by Gasteiger charge is -2.31. The number of hydrogen-bond donors (Lipinski definition) is 0. The van der Waals surface area contributed by atoms with Crippen molar-refractivity contribution in [3.8, 4) is 0 Å². The Morgan fingerprint density at radius 2 is 1.84 bits per heavy atom. The highest BCUT2D eigenvalue weighted by molar-refractivity contribution is 5.02. The molecular formula is C20H34N4O. The fourth-order valence-electron chi connectivity index (χ4n) is 4.78. The zero-order valence-electron chi connectivity index (χ0n) is 15.6. The van der Waals surface area contributed by atoms with E-state index in [1.807, 2.05) is 6.20 Å². The summed E-state index contributed by atoms with van der Waals surface area (Å²) in [6.45, 7) is 10.4. The molecule has 5 heteroatoms. The van der Waals surface area contributed by atoms with Crippen molar-refractivity contribution in [3.63, 3.8) is 0 Å². The van der Waals surface area contributed by atoms with E-state index in [9.17, 15) is 0 Å². The van der Waals surface area contributed by atoms with Crippen LogP contribution in [0.25, 0.3) is 0 Å². The highest BCUT2D eigenvalue weighted by Crippen LogP contribution is 2.23. The molecule has 3 aliphatic heterocycles. The second-order valence-corrected chi connectivity index (χ2v) is 8.31. The molecule has 0 spiro atoms. The molecule has 1 aromatic rings. The third-order valence-corrected chi connectivity index (χ3v) is 6.30. The zero-order chi connectivity index (χ0) is 16.9. The standard InChI is InChI=1S/C20H34N4O/c1-2-9-22(10-3-1)11-5-19-15-23(14-18-6-12-25-13-7-18)17-20-4-8-21-24(20)16-19/h4,8,18-19H,1-3,5-7,9-17H2/t19-/m0/s1. The van der Waals surface area contributed by atoms with Crippen LogP contribution in [-0.4, -0.2) is 65.5 Å². The summed E-state index contributed by atoms with van der Waals surface area (Å²) >= 11 is 0. The first-order valence-corrected chi connectivity index (χ1v) is 10.4. The fourth-order valence-corrected chi connectivity index (χ4v) is 4.78. The molecule has 4 rings (SSSR count). The predicted octanol–water partition coefficient (Wildman–Crippen LogP) is 2.62. The molecule has 5 nitrogen and oxygen atoms in total. The Hall–Kier alpha value is -0.910. The van der Waals surface area contributed by atoms with E-state index in [1.54, 1.807) is 0 Å². The van der Waals surface area contributed by atoms with E-state index in [0.717, 1.165) is 38.1 Å². The van der Waals surface area contributed by atoms with Gasteiger partial charge in [0, 0.05) is 45.6 Å². The molecule has 0 bridgehead atoms. The number of piperidine rings is 1. The highest BCUT2D eigenvalue weighted by Gasteiger charge is 2.25. The number of likely N-dealkylation sites (tertiary alicyclic amines) is 1. The van der Waals surface area contributed by atoms with Crippen molar-refractivity contribution in [1.29, 1.82) is 0 Å². The molecule has 0 aromatic carbocycles. The molecule has 0 amide bonds. The highest BCUT2D eigenvalue weighted by atomic mass is 16.5. The van der Waals surface area contributed by atoms with E-state index in [1.165, 1.54) is 76.9 Å². The third kappa shape index (κ3) is 4.83. The average molecular weight is 347 g/mol. The number of rotatable bonds is 5. The molecule has 25 heavy (non-hydrogen) atoms. The quantitative estimate of drug-likeness (QED) is 0.821. The number of fused-ring (bicyclic) bond motifs is 1. The van der Waals surface area contributed by atoms with Gasteiger partial charge < -0.3 is 9.64 Å². The normalized spacial score (nSPS) is 27.1. The first kappa shape index (κ1) is 17.5. The second kappa shape index (κ2) is 8.65. The number of nitrogens with zero attached hydrogens (tertiary/aromatic N) is 4. The molecule has 0 radical (unpaired) electrons. The number of ether oxygens (including phenoxy) is 1. The topological polar surface area (TPSA) is 33.5 Å². The first-order chi connectivity index (χ1) is 12.4. The summed E-state index contributed by atoms with van der Waals surface area (Å²) in [5.74, 6) is 1.54. The van der Waals surface area contributed by atoms with E-state index in [4.69, 9.17) is 4.74 Å². The van der Waals surface area contributed by atoms with Crippen LogP contribution in [0.2, 0.25) is 0 Å². The molecule has 2 fully saturated rings. The van der Waals surface area contributed by atoms with Gasteiger partial charge in [-0.1, -0.05) is 6.42 Å². The molecule has 4 heterocycles. The monoisotopic (exact) mass is 346 g/mol. The van der Waals surface area contributed by atoms with Crippen LogP contribution in [0.1, 0.15) is 44.2 Å². The van der Waals surface area contributed by atoms with Crippen molar-refractivity contribution in [2.24, 2.45) is 11.8 Å². The Kier molecular flexibility index (Phi) is 6.06. The molecule has 2 saturated heterocycles. The van der Waals surface area contributed by atoms with Gasteiger partial charge in [-0.15, -0.1) is 0 Å². The molecule has 0 N–H and O–H groups in total. The van der Waals surface area contributed by atoms with E-state index in [0.29, 0.717) is 0 Å². The Balaban J connectivity index is 1.36. The lowest BCUT2D eigenvalue weighted by Crippen LogP contribution is -2.36. The van der Waals surface area contributed by atoms with Crippen molar-refractivity contribution in [2.75, 3.05) is 45.9 Å². The van der Waals surface area contributed by atoms with Gasteiger partial charge in [0.15, 0.2) is 0 Å². The summed E-state index contributed by atoms with van der Waals surface area (Å²) in [5.41, 5.74) is 1.40. The molecule has 3 aliphatic rings. The van der Waals surface area contributed by atoms with Crippen molar-refractivity contribution in [2.45, 2.75) is 51.6 Å². The maximum absolute atomic E-state index is 5.55. The lowest BCUT2D eigenvalue weighted by molar-refractivity contribution is 0.0489. The number of hydrogen-bond acceptors (Lipinski definition) is 4. The maximum Gasteiger partial charge on any atom is 0.0524 e. The van der Waals surface area contributed by atoms with Gasteiger partial charge in [0.25, 0.3) is 0 Å². The van der Waals surface area contributed by atoms with E-state index >= 15 is 0 Å². The van der Waals surface area contributed by atoms with E-state index in [2.05, 4.69) is 25.6 Å². The first-order valence-electron chi connectivity index (χ1n) is 10.4. The minimum absolute atomic E-state index is 0.725. The molecule has 0 aliphatic carbocycles. The minimum atomic E-state index is 0.725. The molecule has 140 valence electrons. The number of aromatic nitrogens is 2. The minimum Gasteiger partial charge on any atom is -0.381 e. The van der Waals surface area contributed by atoms with Crippen molar-refractivity contribution < 1.29 is 4.74 Å². The van der Waals surface area contributed by atoms with Crippen LogP contribution >= 0.6 is 0 Å². The Morgan fingerprint density at radius 3 is 2.68 bits per heavy atom. The maximum atomic E-state index is 5.55. The average Bonchev–Trinajstić information content (AvgIpc) is 3.01. The molecule has 1 aromatic heterocycles. The lowest BCUT2D eigenvalue weighted by atomic mass is 9.98. The van der Waals surface area contributed by atoms with Crippen LogP contribution in [0.4, 0.5) is 0 Å². The van der Waals surface area contributed by atoms with Gasteiger partial charge in [-0.05, 0) is 69.6 Å². The van der Waals surface area contributed by atoms with Crippen LogP contribution in [0.5, 0.6) is 0 Å². The van der Waals surface area contributed by atoms with Gasteiger partial charge in [0.2, 0.25) is 0 Å². The summed E-state index contributed by atoms with van der Waals surface area (Å²) in [5, 5.41) is 4.60. The summed E-state index contributed by atoms with van der Waals surface area (Å²) < 4.78 is 7.81. The predicted molar refractivity (Wildman–Crippen MR) is 99.4 cm³/mol. The van der Waals surface area contributed by atoms with Gasteiger partial charge >= 0.3 is 0 Å². The molecule has 0 saturated carbocycles. The van der Waals surface area contributed by atoms with Crippen LogP contribution in [0.15, 0.2) is 12.3 Å². The van der Waals surface area contributed by atoms with Crippen molar-refractivity contribution in [3.05, 3.63) is 18.0 Å². The van der Waals surface area contributed by atoms with Gasteiger partial charge in [-0.3, -0.25) is 9.58 Å². The van der Waals surface area contributed by atoms with Gasteiger partial charge in [-0.2, -0.15) is 5.10 Å². The van der Waals surface area contributed by atoms with E-state index < -0.39 is 0 Å². The van der Waals surface area contributed by atoms with Gasteiger partial charge in [-0.25, -0.2) is 0 Å². The van der Waals surface area contributed by atoms with Crippen LogP contribution in [-0.2, 0) is 17.8 Å². The van der Waals surface area contributed by atoms with Gasteiger partial charge in [0.1, 0.15) is 0 Å². The molecule has 1 atom stereocenters. The van der Waals surface area contributed by atoms with Crippen molar-refractivity contribution in [1.82, 2.24) is 19.6 Å². The van der Waals surface area contributed by atoms with Crippen LogP contribution < -0.4 is 0 Å². The van der Waals surface area contributed by atoms with Crippen molar-refractivity contribution >= 4 is 0 Å². The van der Waals surface area contributed by atoms with Crippen LogP contribution in [0.3, 0.4) is 0 Å².